The summed E-state index contributed by atoms with van der Waals surface area (Å²) in [5.74, 6) is -1.43. The minimum Gasteiger partial charge on any atom is -0.480 e. The van der Waals surface area contributed by atoms with Gasteiger partial charge in [-0.1, -0.05) is 26.0 Å². The van der Waals surface area contributed by atoms with E-state index in [1.54, 1.807) is 24.3 Å². The number of hydrogen-bond acceptors (Lipinski definition) is 4. The van der Waals surface area contributed by atoms with Crippen LogP contribution in [-0.2, 0) is 16.1 Å². The topological polar surface area (TPSA) is 121 Å². The summed E-state index contributed by atoms with van der Waals surface area (Å²) in [5.41, 5.74) is -0.654. The van der Waals surface area contributed by atoms with Crippen molar-refractivity contribution in [3.05, 3.63) is 45.1 Å². The van der Waals surface area contributed by atoms with Crippen molar-refractivity contribution in [3.8, 4) is 0 Å². The second kappa shape index (κ2) is 7.78. The van der Waals surface area contributed by atoms with Gasteiger partial charge in [-0.25, -0.2) is 9.59 Å². The van der Waals surface area contributed by atoms with Gasteiger partial charge in [0.25, 0.3) is 5.56 Å². The number of aromatic nitrogens is 2. The summed E-state index contributed by atoms with van der Waals surface area (Å²) >= 11 is 0. The summed E-state index contributed by atoms with van der Waals surface area (Å²) in [6.07, 6.45) is 0.250. The van der Waals surface area contributed by atoms with E-state index in [0.717, 1.165) is 0 Å². The maximum absolute atomic E-state index is 12.1. The number of carboxylic acid groups (broad SMARTS) is 1. The number of fused-ring (bicyclic) bond motifs is 1. The molecular formula is C17H21N3O5. The summed E-state index contributed by atoms with van der Waals surface area (Å²) in [7, 11) is 0. The largest absolute Gasteiger partial charge is 0.480 e. The normalized spacial score (nSPS) is 12.3. The van der Waals surface area contributed by atoms with E-state index in [1.165, 1.54) is 4.57 Å². The fourth-order valence-electron chi connectivity index (χ4n) is 2.64. The highest BCUT2D eigenvalue weighted by atomic mass is 16.4. The first-order valence-electron chi connectivity index (χ1n) is 8.03. The number of aromatic amines is 1. The number of aliphatic carboxylic acids is 1. The Morgan fingerprint density at radius 2 is 1.92 bits per heavy atom. The molecule has 8 nitrogen and oxygen atoms in total. The van der Waals surface area contributed by atoms with Crippen LogP contribution in [0.1, 0.15) is 26.7 Å². The molecule has 0 unspecified atom stereocenters. The van der Waals surface area contributed by atoms with Crippen molar-refractivity contribution in [2.45, 2.75) is 39.3 Å². The molecular weight excluding hydrogens is 326 g/mol. The molecule has 2 aromatic rings. The average Bonchev–Trinajstić information content (AvgIpc) is 2.53. The van der Waals surface area contributed by atoms with Gasteiger partial charge in [-0.3, -0.25) is 19.1 Å². The minimum absolute atomic E-state index is 0.0377. The van der Waals surface area contributed by atoms with E-state index in [1.807, 2.05) is 13.8 Å². The van der Waals surface area contributed by atoms with Crippen molar-refractivity contribution >= 4 is 22.8 Å². The summed E-state index contributed by atoms with van der Waals surface area (Å²) in [6, 6.07) is 5.64. The molecule has 3 N–H and O–H groups in total. The van der Waals surface area contributed by atoms with E-state index in [4.69, 9.17) is 5.11 Å². The van der Waals surface area contributed by atoms with Crippen LogP contribution in [0.15, 0.2) is 33.9 Å². The lowest BCUT2D eigenvalue weighted by molar-refractivity contribution is -0.142. The Labute approximate surface area is 143 Å². The Balaban J connectivity index is 2.15. The molecule has 0 spiro atoms. The Kier molecular flexibility index (Phi) is 5.74. The molecule has 0 bridgehead atoms. The number of carbonyl (C=O) groups is 2. The van der Waals surface area contributed by atoms with Crippen molar-refractivity contribution in [2.75, 3.05) is 0 Å². The lowest BCUT2D eigenvalue weighted by atomic mass is 10.0. The molecule has 1 atom stereocenters. The first-order chi connectivity index (χ1) is 11.8. The lowest BCUT2D eigenvalue weighted by Crippen LogP contribution is -2.42. The quantitative estimate of drug-likeness (QED) is 0.680. The van der Waals surface area contributed by atoms with Gasteiger partial charge in [-0.15, -0.1) is 0 Å². The fraction of sp³-hybridized carbons (Fsp3) is 0.412. The zero-order chi connectivity index (χ0) is 18.6. The highest BCUT2D eigenvalue weighted by Gasteiger charge is 2.21. The standard InChI is InChI=1S/C17H21N3O5/c1-10(2)9-12(16(23)24)18-14(21)7-8-20-13-6-4-3-5-11(13)15(22)19-17(20)25/h3-6,10,12H,7-9H2,1-2H3,(H,18,21)(H,23,24)(H,19,22,25)/t12-/m1/s1. The molecule has 8 heteroatoms. The molecule has 1 aromatic carbocycles. The van der Waals surface area contributed by atoms with Crippen LogP contribution in [0.3, 0.4) is 0 Å². The van der Waals surface area contributed by atoms with Gasteiger partial charge in [0.05, 0.1) is 10.9 Å². The molecule has 0 radical (unpaired) electrons. The number of carboxylic acids is 1. The third kappa shape index (κ3) is 4.56. The molecule has 1 aromatic heterocycles. The molecule has 1 amide bonds. The van der Waals surface area contributed by atoms with E-state index in [0.29, 0.717) is 17.3 Å². The predicted octanol–water partition coefficient (Wildman–Crippen LogP) is 0.695. The van der Waals surface area contributed by atoms with Crippen LogP contribution in [0.5, 0.6) is 0 Å². The highest BCUT2D eigenvalue weighted by molar-refractivity contribution is 5.83. The fourth-order valence-corrected chi connectivity index (χ4v) is 2.64. The molecule has 0 saturated carbocycles. The molecule has 0 saturated heterocycles. The van der Waals surface area contributed by atoms with Crippen LogP contribution >= 0.6 is 0 Å². The van der Waals surface area contributed by atoms with Gasteiger partial charge < -0.3 is 10.4 Å². The van der Waals surface area contributed by atoms with Crippen LogP contribution in [0, 0.1) is 5.92 Å². The van der Waals surface area contributed by atoms with Crippen molar-refractivity contribution in [1.82, 2.24) is 14.9 Å². The van der Waals surface area contributed by atoms with Crippen LogP contribution < -0.4 is 16.6 Å². The maximum Gasteiger partial charge on any atom is 0.328 e. The lowest BCUT2D eigenvalue weighted by Gasteiger charge is -2.17. The van der Waals surface area contributed by atoms with E-state index in [9.17, 15) is 19.2 Å². The van der Waals surface area contributed by atoms with Gasteiger partial charge in [0, 0.05) is 13.0 Å². The molecule has 0 fully saturated rings. The molecule has 0 aliphatic carbocycles. The second-order valence-electron chi connectivity index (χ2n) is 6.27. The number of carbonyl (C=O) groups excluding carboxylic acids is 1. The third-order valence-electron chi connectivity index (χ3n) is 3.81. The van der Waals surface area contributed by atoms with Gasteiger partial charge in [0.15, 0.2) is 0 Å². The summed E-state index contributed by atoms with van der Waals surface area (Å²) in [6.45, 7) is 3.78. The summed E-state index contributed by atoms with van der Waals surface area (Å²) in [5, 5.41) is 12.0. The van der Waals surface area contributed by atoms with Crippen LogP contribution in [-0.4, -0.2) is 32.6 Å². The van der Waals surface area contributed by atoms with Crippen molar-refractivity contribution < 1.29 is 14.7 Å². The van der Waals surface area contributed by atoms with Crippen molar-refractivity contribution in [1.29, 1.82) is 0 Å². The van der Waals surface area contributed by atoms with E-state index < -0.39 is 29.2 Å². The number of nitrogens with zero attached hydrogens (tertiary/aromatic N) is 1. The minimum atomic E-state index is -1.09. The molecule has 1 heterocycles. The number of aryl methyl sites for hydroxylation is 1. The monoisotopic (exact) mass is 347 g/mol. The Morgan fingerprint density at radius 1 is 1.24 bits per heavy atom. The van der Waals surface area contributed by atoms with Crippen LogP contribution in [0.25, 0.3) is 10.9 Å². The van der Waals surface area contributed by atoms with Gasteiger partial charge in [0.2, 0.25) is 5.91 Å². The first kappa shape index (κ1) is 18.4. The molecule has 0 aliphatic rings. The van der Waals surface area contributed by atoms with Gasteiger partial charge >= 0.3 is 11.7 Å². The smallest absolute Gasteiger partial charge is 0.328 e. The number of rotatable bonds is 7. The number of hydrogen-bond donors (Lipinski definition) is 3. The van der Waals surface area contributed by atoms with Gasteiger partial charge in [-0.05, 0) is 24.5 Å². The maximum atomic E-state index is 12.1. The third-order valence-corrected chi connectivity index (χ3v) is 3.81. The second-order valence-corrected chi connectivity index (χ2v) is 6.27. The van der Waals surface area contributed by atoms with Crippen molar-refractivity contribution in [2.24, 2.45) is 5.92 Å². The van der Waals surface area contributed by atoms with Crippen LogP contribution in [0.2, 0.25) is 0 Å². The summed E-state index contributed by atoms with van der Waals surface area (Å²) in [4.78, 5) is 49.3. The van der Waals surface area contributed by atoms with E-state index in [-0.39, 0.29) is 18.9 Å². The van der Waals surface area contributed by atoms with E-state index >= 15 is 0 Å². The highest BCUT2D eigenvalue weighted by Crippen LogP contribution is 2.08. The average molecular weight is 347 g/mol. The van der Waals surface area contributed by atoms with Crippen molar-refractivity contribution in [3.63, 3.8) is 0 Å². The van der Waals surface area contributed by atoms with Gasteiger partial charge in [-0.2, -0.15) is 0 Å². The number of benzene rings is 1. The van der Waals surface area contributed by atoms with Gasteiger partial charge in [0.1, 0.15) is 6.04 Å². The Bertz CT molecular complexity index is 897. The summed E-state index contributed by atoms with van der Waals surface area (Å²) < 4.78 is 1.30. The Morgan fingerprint density at radius 3 is 2.56 bits per heavy atom. The SMILES string of the molecule is CC(C)C[C@@H](NC(=O)CCn1c(=O)[nH]c(=O)c2ccccc21)C(=O)O. The molecule has 0 aliphatic heterocycles. The Hall–Kier alpha value is -2.90. The number of nitrogens with one attached hydrogen (secondary N) is 2. The first-order valence-corrected chi connectivity index (χ1v) is 8.03. The number of para-hydroxylation sites is 1. The molecule has 134 valence electrons. The predicted molar refractivity (Wildman–Crippen MR) is 92.5 cm³/mol. The van der Waals surface area contributed by atoms with Crippen LogP contribution in [0.4, 0.5) is 0 Å². The van der Waals surface area contributed by atoms with E-state index in [2.05, 4.69) is 10.3 Å². The number of amides is 1. The number of H-pyrrole nitrogens is 1. The molecule has 25 heavy (non-hydrogen) atoms. The molecule has 2 rings (SSSR count). The zero-order valence-corrected chi connectivity index (χ0v) is 14.1. The zero-order valence-electron chi connectivity index (χ0n) is 14.1.